The molecule has 0 N–H and O–H groups in total. The lowest BCUT2D eigenvalue weighted by molar-refractivity contribution is -0.132. The Morgan fingerprint density at radius 1 is 1.03 bits per heavy atom. The largest absolute Gasteiger partial charge is 0.493 e. The first-order valence-corrected chi connectivity index (χ1v) is 12.2. The number of hydrogen-bond donors (Lipinski definition) is 0. The van der Waals surface area contributed by atoms with Gasteiger partial charge in [-0.05, 0) is 29.1 Å². The fourth-order valence-electron chi connectivity index (χ4n) is 4.08. The van der Waals surface area contributed by atoms with E-state index in [1.165, 1.54) is 23.3 Å². The third-order valence-electron chi connectivity index (χ3n) is 5.87. The first-order valence-electron chi connectivity index (χ1n) is 11.4. The summed E-state index contributed by atoms with van der Waals surface area (Å²) in [5.74, 6) is 0.602. The minimum Gasteiger partial charge on any atom is -0.493 e. The van der Waals surface area contributed by atoms with Crippen LogP contribution in [-0.2, 0) is 22.7 Å². The van der Waals surface area contributed by atoms with Crippen LogP contribution < -0.4 is 18.9 Å². The number of ether oxygens (including phenoxy) is 4. The zero-order valence-corrected chi connectivity index (χ0v) is 20.8. The second-order valence-electron chi connectivity index (χ2n) is 8.17. The lowest BCUT2D eigenvalue weighted by Crippen LogP contribution is -2.25. The van der Waals surface area contributed by atoms with Crippen molar-refractivity contribution in [3.05, 3.63) is 46.1 Å². The van der Waals surface area contributed by atoms with Gasteiger partial charge < -0.3 is 28.6 Å². The van der Waals surface area contributed by atoms with E-state index in [2.05, 4.69) is 0 Å². The molecule has 0 radical (unpaired) electrons. The van der Waals surface area contributed by atoms with Crippen molar-refractivity contribution in [2.24, 2.45) is 0 Å². The highest BCUT2D eigenvalue weighted by atomic mass is 32.1. The summed E-state index contributed by atoms with van der Waals surface area (Å²) in [5, 5.41) is 0.887. The second-order valence-corrected chi connectivity index (χ2v) is 9.29. The molecule has 1 amide bonds. The third-order valence-corrected chi connectivity index (χ3v) is 6.89. The molecule has 0 atom stereocenters. The van der Waals surface area contributed by atoms with E-state index in [1.807, 2.05) is 12.1 Å². The average Bonchev–Trinajstić information content (AvgIpc) is 3.51. The van der Waals surface area contributed by atoms with Gasteiger partial charge in [0, 0.05) is 48.7 Å². The molecule has 0 bridgehead atoms. The van der Waals surface area contributed by atoms with Gasteiger partial charge in [-0.25, -0.2) is 4.39 Å². The summed E-state index contributed by atoms with van der Waals surface area (Å²) in [4.78, 5) is 36.0. The molecule has 1 aliphatic rings. The molecule has 0 saturated carbocycles. The van der Waals surface area contributed by atoms with Crippen LogP contribution in [0.4, 0.5) is 4.39 Å². The molecule has 1 aromatic heterocycles. The molecule has 1 aliphatic heterocycles. The van der Waals surface area contributed by atoms with Gasteiger partial charge in [0.1, 0.15) is 6.29 Å². The highest BCUT2D eigenvalue weighted by molar-refractivity contribution is 7.20. The number of amides is 1. The summed E-state index contributed by atoms with van der Waals surface area (Å²) in [5.41, 5.74) is 1.05. The fraction of sp³-hybridized carbons (Fsp3) is 0.346. The summed E-state index contributed by atoms with van der Waals surface area (Å²) in [6.07, 6.45) is 2.20. The van der Waals surface area contributed by atoms with Crippen molar-refractivity contribution in [2.45, 2.75) is 32.4 Å². The van der Waals surface area contributed by atoms with Crippen molar-refractivity contribution in [2.75, 3.05) is 27.4 Å². The molecular formula is C26H26FNO7S. The third kappa shape index (κ3) is 5.28. The van der Waals surface area contributed by atoms with Crippen LogP contribution in [0.2, 0.25) is 0 Å². The zero-order valence-electron chi connectivity index (χ0n) is 20.0. The minimum absolute atomic E-state index is 0.00268. The van der Waals surface area contributed by atoms with Gasteiger partial charge in [-0.1, -0.05) is 0 Å². The highest BCUT2D eigenvalue weighted by Gasteiger charge is 2.30. The molecule has 0 aliphatic carbocycles. The van der Waals surface area contributed by atoms with E-state index in [0.29, 0.717) is 46.8 Å². The SMILES string of the molecule is COc1cc2sc(C=O)cc2cc1OCCCOc1c(OC)cc2c(c1F)CN(C(=O)CCC=O)C2. The van der Waals surface area contributed by atoms with Gasteiger partial charge in [-0.15, -0.1) is 11.3 Å². The fourth-order valence-corrected chi connectivity index (χ4v) is 4.97. The van der Waals surface area contributed by atoms with Crippen molar-refractivity contribution in [1.29, 1.82) is 0 Å². The number of aldehydes is 2. The Balaban J connectivity index is 1.37. The number of thiophene rings is 1. The maximum atomic E-state index is 15.3. The molecule has 0 unspecified atom stereocenters. The van der Waals surface area contributed by atoms with Crippen LogP contribution in [0.3, 0.4) is 0 Å². The van der Waals surface area contributed by atoms with Gasteiger partial charge in [0.15, 0.2) is 35.1 Å². The summed E-state index contributed by atoms with van der Waals surface area (Å²) in [6, 6.07) is 7.13. The van der Waals surface area contributed by atoms with Gasteiger partial charge in [0.05, 0.1) is 32.3 Å². The van der Waals surface area contributed by atoms with Crippen LogP contribution in [0.5, 0.6) is 23.0 Å². The minimum atomic E-state index is -0.550. The smallest absolute Gasteiger partial charge is 0.223 e. The van der Waals surface area contributed by atoms with Crippen molar-refractivity contribution < 1.29 is 37.7 Å². The van der Waals surface area contributed by atoms with E-state index in [-0.39, 0.29) is 49.9 Å². The van der Waals surface area contributed by atoms with Gasteiger partial charge in [-0.2, -0.15) is 0 Å². The Morgan fingerprint density at radius 2 is 1.81 bits per heavy atom. The number of rotatable bonds is 12. The first kappa shape index (κ1) is 25.4. The number of hydrogen-bond acceptors (Lipinski definition) is 8. The molecule has 36 heavy (non-hydrogen) atoms. The van der Waals surface area contributed by atoms with E-state index in [4.69, 9.17) is 18.9 Å². The first-order chi connectivity index (χ1) is 17.5. The summed E-state index contributed by atoms with van der Waals surface area (Å²) in [6.45, 7) is 0.852. The Labute approximate surface area is 211 Å². The van der Waals surface area contributed by atoms with E-state index in [9.17, 15) is 14.4 Å². The van der Waals surface area contributed by atoms with E-state index >= 15 is 4.39 Å². The summed E-state index contributed by atoms with van der Waals surface area (Å²) in [7, 11) is 2.98. The van der Waals surface area contributed by atoms with Crippen molar-refractivity contribution in [3.63, 3.8) is 0 Å². The van der Waals surface area contributed by atoms with Gasteiger partial charge in [0.2, 0.25) is 5.91 Å². The number of methoxy groups -OCH3 is 2. The maximum Gasteiger partial charge on any atom is 0.223 e. The van der Waals surface area contributed by atoms with Crippen LogP contribution in [0.25, 0.3) is 10.1 Å². The van der Waals surface area contributed by atoms with Crippen LogP contribution in [0, 0.1) is 5.82 Å². The second kappa shape index (κ2) is 11.4. The number of benzene rings is 2. The van der Waals surface area contributed by atoms with Crippen LogP contribution >= 0.6 is 11.3 Å². The number of carbonyl (C=O) groups excluding carboxylic acids is 3. The van der Waals surface area contributed by atoms with E-state index in [1.54, 1.807) is 19.2 Å². The van der Waals surface area contributed by atoms with Crippen molar-refractivity contribution in [3.8, 4) is 23.0 Å². The molecule has 0 saturated heterocycles. The molecule has 190 valence electrons. The predicted molar refractivity (Wildman–Crippen MR) is 132 cm³/mol. The molecule has 10 heteroatoms. The van der Waals surface area contributed by atoms with Gasteiger partial charge >= 0.3 is 0 Å². The maximum absolute atomic E-state index is 15.3. The van der Waals surface area contributed by atoms with Gasteiger partial charge in [-0.3, -0.25) is 9.59 Å². The van der Waals surface area contributed by atoms with E-state index in [0.717, 1.165) is 16.4 Å². The van der Waals surface area contributed by atoms with Crippen molar-refractivity contribution in [1.82, 2.24) is 4.90 Å². The molecule has 2 heterocycles. The molecule has 3 aromatic rings. The zero-order chi connectivity index (χ0) is 25.7. The Morgan fingerprint density at radius 3 is 2.53 bits per heavy atom. The molecule has 8 nitrogen and oxygen atoms in total. The quantitative estimate of drug-likeness (QED) is 0.258. The number of nitrogens with zero attached hydrogens (tertiary/aromatic N) is 1. The van der Waals surface area contributed by atoms with E-state index < -0.39 is 5.82 Å². The normalized spacial score (nSPS) is 12.4. The van der Waals surface area contributed by atoms with Crippen LogP contribution in [0.1, 0.15) is 40.1 Å². The lowest BCUT2D eigenvalue weighted by atomic mass is 10.1. The summed E-state index contributed by atoms with van der Waals surface area (Å²) >= 11 is 1.38. The lowest BCUT2D eigenvalue weighted by Gasteiger charge is -2.15. The molecule has 4 rings (SSSR count). The summed E-state index contributed by atoms with van der Waals surface area (Å²) < 4.78 is 38.6. The molecular weight excluding hydrogens is 489 g/mol. The standard InChI is InChI=1S/C26H26FNO7S/c1-32-20-12-23-16(9-18(15-30)36-23)10-21(20)34-7-4-8-35-26-22(33-2)11-17-13-28(14-19(17)25(26)27)24(31)5-3-6-29/h6,9-12,15H,3-5,7-8,13-14H2,1-2H3. The predicted octanol–water partition coefficient (Wildman–Crippen LogP) is 4.54. The number of fused-ring (bicyclic) bond motifs is 2. The van der Waals surface area contributed by atoms with Crippen LogP contribution in [0.15, 0.2) is 24.3 Å². The molecule has 0 fully saturated rings. The van der Waals surface area contributed by atoms with Crippen LogP contribution in [-0.4, -0.2) is 50.8 Å². The van der Waals surface area contributed by atoms with Gasteiger partial charge in [0.25, 0.3) is 0 Å². The van der Waals surface area contributed by atoms with Crippen molar-refractivity contribution >= 4 is 39.9 Å². The topological polar surface area (TPSA) is 91.4 Å². The molecule has 2 aromatic carbocycles. The Hall–Kier alpha value is -3.66. The average molecular weight is 516 g/mol. The molecule has 0 spiro atoms. The monoisotopic (exact) mass is 515 g/mol. The number of carbonyl (C=O) groups is 3. The number of halogens is 1. The Bertz CT molecular complexity index is 1290. The Kier molecular flexibility index (Phi) is 8.04. The highest BCUT2D eigenvalue weighted by Crippen LogP contribution is 2.39.